The van der Waals surface area contributed by atoms with Crippen LogP contribution in [0, 0.1) is 5.92 Å². The number of hydrogen-bond donors (Lipinski definition) is 3. The minimum absolute atomic E-state index is 0.0301. The van der Waals surface area contributed by atoms with Crippen molar-refractivity contribution in [2.24, 2.45) is 5.92 Å². The smallest absolute Gasteiger partial charge is 0.317 e. The van der Waals surface area contributed by atoms with E-state index in [0.29, 0.717) is 19.5 Å². The van der Waals surface area contributed by atoms with Gasteiger partial charge in [-0.05, 0) is 31.6 Å². The molecule has 1 rings (SSSR count). The van der Waals surface area contributed by atoms with Gasteiger partial charge in [-0.25, -0.2) is 4.79 Å². The second-order valence-electron chi connectivity index (χ2n) is 5.41. The van der Waals surface area contributed by atoms with Crippen LogP contribution in [0.25, 0.3) is 0 Å². The number of amides is 2. The Hall–Kier alpha value is -1.30. The molecule has 1 unspecified atom stereocenters. The number of carboxylic acids is 1. The van der Waals surface area contributed by atoms with Crippen molar-refractivity contribution in [1.82, 2.24) is 10.2 Å². The lowest BCUT2D eigenvalue weighted by Gasteiger charge is -2.37. The number of carbonyl (C=O) groups excluding carboxylic acids is 1. The third kappa shape index (κ3) is 5.36. The molecule has 116 valence electrons. The number of carboxylic acid groups (broad SMARTS) is 1. The molecule has 0 aromatic rings. The maximum absolute atomic E-state index is 12.2. The van der Waals surface area contributed by atoms with Crippen LogP contribution in [0.5, 0.6) is 0 Å². The highest BCUT2D eigenvalue weighted by Crippen LogP contribution is 2.25. The lowest BCUT2D eigenvalue weighted by atomic mass is 9.91. The summed E-state index contributed by atoms with van der Waals surface area (Å²) in [7, 11) is 0. The zero-order chi connectivity index (χ0) is 15.0. The first-order valence-corrected chi connectivity index (χ1v) is 7.45. The van der Waals surface area contributed by atoms with E-state index >= 15 is 0 Å². The molecule has 0 spiro atoms. The van der Waals surface area contributed by atoms with Crippen molar-refractivity contribution in [2.45, 2.75) is 51.5 Å². The van der Waals surface area contributed by atoms with Crippen molar-refractivity contribution in [2.75, 3.05) is 19.7 Å². The van der Waals surface area contributed by atoms with E-state index in [2.05, 4.69) is 5.32 Å². The van der Waals surface area contributed by atoms with Gasteiger partial charge in [-0.2, -0.15) is 0 Å². The van der Waals surface area contributed by atoms with E-state index in [9.17, 15) is 9.59 Å². The number of hydrogen-bond acceptors (Lipinski definition) is 3. The van der Waals surface area contributed by atoms with Crippen molar-refractivity contribution >= 4 is 12.0 Å². The summed E-state index contributed by atoms with van der Waals surface area (Å²) < 4.78 is 0. The summed E-state index contributed by atoms with van der Waals surface area (Å²) in [6.07, 6.45) is 4.57. The Morgan fingerprint density at radius 1 is 1.40 bits per heavy atom. The molecule has 1 saturated carbocycles. The molecule has 20 heavy (non-hydrogen) atoms. The molecule has 6 heteroatoms. The number of aliphatic hydroxyl groups is 1. The predicted octanol–water partition coefficient (Wildman–Crippen LogP) is 1.43. The summed E-state index contributed by atoms with van der Waals surface area (Å²) in [6, 6.07) is 0.146. The van der Waals surface area contributed by atoms with Crippen LogP contribution in [0.15, 0.2) is 0 Å². The van der Waals surface area contributed by atoms with E-state index in [-0.39, 0.29) is 31.0 Å². The molecule has 6 nitrogen and oxygen atoms in total. The Bertz CT molecular complexity index is 318. The second kappa shape index (κ2) is 8.79. The number of rotatable bonds is 9. The molecule has 1 aliphatic carbocycles. The number of urea groups is 1. The summed E-state index contributed by atoms with van der Waals surface area (Å²) in [5.74, 6) is -0.861. The van der Waals surface area contributed by atoms with Gasteiger partial charge >= 0.3 is 12.0 Å². The third-order valence-corrected chi connectivity index (χ3v) is 3.92. The molecule has 1 fully saturated rings. The zero-order valence-electron chi connectivity index (χ0n) is 12.2. The molecule has 0 saturated heterocycles. The minimum Gasteiger partial charge on any atom is -0.481 e. The summed E-state index contributed by atoms with van der Waals surface area (Å²) in [6.45, 7) is 2.95. The Labute approximate surface area is 120 Å². The van der Waals surface area contributed by atoms with Crippen molar-refractivity contribution in [3.05, 3.63) is 0 Å². The van der Waals surface area contributed by atoms with Gasteiger partial charge in [0.2, 0.25) is 0 Å². The van der Waals surface area contributed by atoms with Crippen LogP contribution in [0.4, 0.5) is 4.79 Å². The van der Waals surface area contributed by atoms with Crippen LogP contribution in [0.3, 0.4) is 0 Å². The molecule has 0 bridgehead atoms. The molecule has 2 amide bonds. The predicted molar refractivity (Wildman–Crippen MR) is 75.5 cm³/mol. The highest BCUT2D eigenvalue weighted by atomic mass is 16.4. The Kier molecular flexibility index (Phi) is 7.36. The number of carbonyl (C=O) groups is 2. The summed E-state index contributed by atoms with van der Waals surface area (Å²) in [4.78, 5) is 24.7. The summed E-state index contributed by atoms with van der Waals surface area (Å²) in [5.41, 5.74) is 0. The van der Waals surface area contributed by atoms with E-state index in [1.54, 1.807) is 4.90 Å². The van der Waals surface area contributed by atoms with Gasteiger partial charge in [0.25, 0.3) is 0 Å². The van der Waals surface area contributed by atoms with Crippen LogP contribution in [-0.2, 0) is 4.79 Å². The Balaban J connectivity index is 2.41. The minimum atomic E-state index is -0.831. The Morgan fingerprint density at radius 3 is 2.55 bits per heavy atom. The van der Waals surface area contributed by atoms with Gasteiger partial charge in [-0.1, -0.05) is 13.3 Å². The van der Waals surface area contributed by atoms with Gasteiger partial charge < -0.3 is 20.4 Å². The van der Waals surface area contributed by atoms with Crippen LogP contribution in [0.1, 0.15) is 45.4 Å². The average molecular weight is 286 g/mol. The van der Waals surface area contributed by atoms with Crippen molar-refractivity contribution in [1.29, 1.82) is 0 Å². The number of aliphatic carboxylic acids is 1. The Morgan fingerprint density at radius 2 is 2.10 bits per heavy atom. The molecule has 1 aliphatic rings. The average Bonchev–Trinajstić information content (AvgIpc) is 2.36. The van der Waals surface area contributed by atoms with Gasteiger partial charge in [-0.15, -0.1) is 0 Å². The fraction of sp³-hybridized carbons (Fsp3) is 0.857. The van der Waals surface area contributed by atoms with Gasteiger partial charge in [0.1, 0.15) is 0 Å². The van der Waals surface area contributed by atoms with E-state index in [4.69, 9.17) is 10.2 Å². The highest BCUT2D eigenvalue weighted by Gasteiger charge is 2.28. The second-order valence-corrected chi connectivity index (χ2v) is 5.41. The fourth-order valence-electron chi connectivity index (χ4n) is 2.33. The molecular weight excluding hydrogens is 260 g/mol. The van der Waals surface area contributed by atoms with E-state index in [1.165, 1.54) is 0 Å². The van der Waals surface area contributed by atoms with Crippen molar-refractivity contribution in [3.8, 4) is 0 Å². The molecule has 3 N–H and O–H groups in total. The van der Waals surface area contributed by atoms with Gasteiger partial charge in [0.05, 0.1) is 0 Å². The quantitative estimate of drug-likeness (QED) is 0.598. The van der Waals surface area contributed by atoms with Crippen LogP contribution in [-0.4, -0.2) is 52.9 Å². The first kappa shape index (κ1) is 16.8. The first-order chi connectivity index (χ1) is 9.58. The number of nitrogens with zero attached hydrogens (tertiary/aromatic N) is 1. The number of aliphatic hydroxyl groups excluding tert-OH is 1. The maximum atomic E-state index is 12.2. The van der Waals surface area contributed by atoms with E-state index in [0.717, 1.165) is 25.7 Å². The largest absolute Gasteiger partial charge is 0.481 e. The normalized spacial score (nSPS) is 16.3. The SMILES string of the molecule is CCC(CNC(=O)N(CCCO)C1CCC1)CC(=O)O. The lowest BCUT2D eigenvalue weighted by Crippen LogP contribution is -2.50. The summed E-state index contributed by atoms with van der Waals surface area (Å²) in [5, 5.41) is 20.5. The van der Waals surface area contributed by atoms with Crippen LogP contribution in [0.2, 0.25) is 0 Å². The lowest BCUT2D eigenvalue weighted by molar-refractivity contribution is -0.138. The van der Waals surface area contributed by atoms with Gasteiger partial charge in [-0.3, -0.25) is 4.79 Å². The number of nitrogens with one attached hydrogen (secondary N) is 1. The zero-order valence-corrected chi connectivity index (χ0v) is 12.2. The van der Waals surface area contributed by atoms with Crippen molar-refractivity contribution < 1.29 is 19.8 Å². The van der Waals surface area contributed by atoms with Crippen molar-refractivity contribution in [3.63, 3.8) is 0 Å². The molecule has 0 aromatic carbocycles. The molecular formula is C14H26N2O4. The summed E-state index contributed by atoms with van der Waals surface area (Å²) >= 11 is 0. The highest BCUT2D eigenvalue weighted by molar-refractivity contribution is 5.74. The first-order valence-electron chi connectivity index (χ1n) is 7.45. The third-order valence-electron chi connectivity index (χ3n) is 3.92. The topological polar surface area (TPSA) is 89.9 Å². The maximum Gasteiger partial charge on any atom is 0.317 e. The van der Waals surface area contributed by atoms with Crippen LogP contribution >= 0.6 is 0 Å². The van der Waals surface area contributed by atoms with Gasteiger partial charge in [0, 0.05) is 32.2 Å². The van der Waals surface area contributed by atoms with Crippen LogP contribution < -0.4 is 5.32 Å². The fourth-order valence-corrected chi connectivity index (χ4v) is 2.33. The standard InChI is InChI=1S/C14H26N2O4/c1-2-11(9-13(18)19)10-15-14(20)16(7-4-8-17)12-5-3-6-12/h11-12,17H,2-10H2,1H3,(H,15,20)(H,18,19). The van der Waals surface area contributed by atoms with E-state index < -0.39 is 5.97 Å². The molecule has 0 radical (unpaired) electrons. The molecule has 1 atom stereocenters. The molecule has 0 heterocycles. The monoisotopic (exact) mass is 286 g/mol. The van der Waals surface area contributed by atoms with Gasteiger partial charge in [0.15, 0.2) is 0 Å². The van der Waals surface area contributed by atoms with E-state index in [1.807, 2.05) is 6.92 Å². The molecule has 0 aliphatic heterocycles. The molecule has 0 aromatic heterocycles.